The van der Waals surface area contributed by atoms with E-state index in [4.69, 9.17) is 9.47 Å². The van der Waals surface area contributed by atoms with E-state index in [-0.39, 0.29) is 23.7 Å². The van der Waals surface area contributed by atoms with Crippen LogP contribution < -0.4 is 5.32 Å². The first kappa shape index (κ1) is 16.0. The molecule has 1 aliphatic carbocycles. The second-order valence-corrected chi connectivity index (χ2v) is 8.57. The van der Waals surface area contributed by atoms with E-state index in [1.54, 1.807) is 6.07 Å². The number of carbonyl (C=O) groups excluding carboxylic acids is 1. The third-order valence-electron chi connectivity index (χ3n) is 8.14. The molecular formula is C21H24N2O4. The van der Waals surface area contributed by atoms with E-state index in [0.717, 1.165) is 37.2 Å². The number of phenols is 1. The maximum Gasteiger partial charge on any atom is 0.315 e. The number of nitrogens with one attached hydrogen (secondary N) is 1. The fourth-order valence-electron chi connectivity index (χ4n) is 7.38. The number of methoxy groups -OCH3 is 1. The molecule has 5 unspecified atom stereocenters. The molecule has 27 heavy (non-hydrogen) atoms. The summed E-state index contributed by atoms with van der Waals surface area (Å²) < 4.78 is 12.0. The molecule has 0 radical (unpaired) electrons. The summed E-state index contributed by atoms with van der Waals surface area (Å²) in [4.78, 5) is 16.0. The Morgan fingerprint density at radius 3 is 3.07 bits per heavy atom. The summed E-state index contributed by atoms with van der Waals surface area (Å²) in [6.45, 7) is 4.35. The van der Waals surface area contributed by atoms with Crippen LogP contribution in [-0.2, 0) is 19.7 Å². The summed E-state index contributed by atoms with van der Waals surface area (Å²) in [6.07, 6.45) is 3.99. The highest BCUT2D eigenvalue weighted by Gasteiger charge is 2.89. The molecule has 1 saturated carbocycles. The van der Waals surface area contributed by atoms with Crippen LogP contribution in [-0.4, -0.2) is 54.5 Å². The molecule has 2 N–H and O–H groups in total. The van der Waals surface area contributed by atoms with Crippen molar-refractivity contribution >= 4 is 11.7 Å². The van der Waals surface area contributed by atoms with E-state index in [1.165, 1.54) is 12.7 Å². The zero-order valence-electron chi connectivity index (χ0n) is 15.6. The van der Waals surface area contributed by atoms with Gasteiger partial charge in [0.15, 0.2) is 5.72 Å². The summed E-state index contributed by atoms with van der Waals surface area (Å²) in [7, 11) is 1.48. The van der Waals surface area contributed by atoms with Gasteiger partial charge in [-0.05, 0) is 50.1 Å². The molecule has 4 bridgehead atoms. The van der Waals surface area contributed by atoms with E-state index in [2.05, 4.69) is 23.2 Å². The maximum atomic E-state index is 13.5. The maximum absolute atomic E-state index is 13.5. The van der Waals surface area contributed by atoms with Gasteiger partial charge in [0.1, 0.15) is 11.2 Å². The second-order valence-electron chi connectivity index (χ2n) is 8.57. The molecule has 0 spiro atoms. The zero-order valence-corrected chi connectivity index (χ0v) is 15.6. The van der Waals surface area contributed by atoms with Gasteiger partial charge in [-0.15, -0.1) is 0 Å². The predicted octanol–water partition coefficient (Wildman–Crippen LogP) is 2.00. The van der Waals surface area contributed by atoms with Crippen molar-refractivity contribution in [3.63, 3.8) is 0 Å². The number of hydrogen-bond donors (Lipinski definition) is 2. The first-order valence-corrected chi connectivity index (χ1v) is 9.79. The van der Waals surface area contributed by atoms with Crippen molar-refractivity contribution in [1.29, 1.82) is 0 Å². The van der Waals surface area contributed by atoms with Gasteiger partial charge >= 0.3 is 5.97 Å². The van der Waals surface area contributed by atoms with Crippen molar-refractivity contribution < 1.29 is 19.4 Å². The van der Waals surface area contributed by atoms with Crippen LogP contribution in [0.4, 0.5) is 5.69 Å². The number of fused-ring (bicyclic) bond motifs is 2. The monoisotopic (exact) mass is 368 g/mol. The molecule has 0 aromatic heterocycles. The molecule has 5 aliphatic rings. The Morgan fingerprint density at radius 2 is 2.30 bits per heavy atom. The Balaban J connectivity index is 1.72. The van der Waals surface area contributed by atoms with Crippen molar-refractivity contribution in [2.45, 2.75) is 36.9 Å². The van der Waals surface area contributed by atoms with Crippen molar-refractivity contribution in [2.75, 3.05) is 32.1 Å². The van der Waals surface area contributed by atoms with Gasteiger partial charge in [-0.1, -0.05) is 11.6 Å². The molecule has 4 aliphatic heterocycles. The minimum Gasteiger partial charge on any atom is -0.508 e. The quantitative estimate of drug-likeness (QED) is 0.449. The van der Waals surface area contributed by atoms with Gasteiger partial charge < -0.3 is 19.9 Å². The number of anilines is 1. The first-order chi connectivity index (χ1) is 13.1. The van der Waals surface area contributed by atoms with Crippen LogP contribution in [0, 0.1) is 11.3 Å². The van der Waals surface area contributed by atoms with Gasteiger partial charge in [-0.2, -0.15) is 0 Å². The Labute approximate surface area is 158 Å². The minimum atomic E-state index is -0.768. The molecule has 142 valence electrons. The smallest absolute Gasteiger partial charge is 0.315 e. The number of aromatic hydroxyl groups is 1. The van der Waals surface area contributed by atoms with Crippen LogP contribution >= 0.6 is 0 Å². The molecular weight excluding hydrogens is 344 g/mol. The van der Waals surface area contributed by atoms with Crippen LogP contribution in [0.5, 0.6) is 5.75 Å². The molecule has 4 heterocycles. The molecule has 6 nitrogen and oxygen atoms in total. The highest BCUT2D eigenvalue weighted by Crippen LogP contribution is 2.77. The van der Waals surface area contributed by atoms with Crippen molar-refractivity contribution in [2.24, 2.45) is 11.3 Å². The van der Waals surface area contributed by atoms with Gasteiger partial charge in [-0.25, -0.2) is 0 Å². The number of carbonyl (C=O) groups is 1. The van der Waals surface area contributed by atoms with Gasteiger partial charge in [0, 0.05) is 18.2 Å². The van der Waals surface area contributed by atoms with Crippen molar-refractivity contribution in [1.82, 2.24) is 4.90 Å². The summed E-state index contributed by atoms with van der Waals surface area (Å²) in [5.41, 5.74) is 1.38. The standard InChI is InChI=1S/C21H24N2O4/c1-3-12-6-8-23-9-7-20-14-10-13(24)4-5-15(14)22-21(20)17(23)16(12)19(20,11-27-21)18(25)26-2/h3-5,10,16-17,22,24H,6-9,11H2,1-2H3. The summed E-state index contributed by atoms with van der Waals surface area (Å²) in [6, 6.07) is 5.53. The van der Waals surface area contributed by atoms with E-state index in [9.17, 15) is 9.90 Å². The van der Waals surface area contributed by atoms with Crippen LogP contribution in [0.3, 0.4) is 0 Å². The Morgan fingerprint density at radius 1 is 1.44 bits per heavy atom. The normalized spacial score (nSPS) is 44.7. The van der Waals surface area contributed by atoms with Gasteiger partial charge in [0.2, 0.25) is 0 Å². The van der Waals surface area contributed by atoms with Gasteiger partial charge in [0.05, 0.1) is 25.2 Å². The lowest BCUT2D eigenvalue weighted by atomic mass is 9.57. The number of ether oxygens (including phenoxy) is 2. The Kier molecular flexibility index (Phi) is 2.76. The molecule has 3 saturated heterocycles. The highest BCUT2D eigenvalue weighted by molar-refractivity contribution is 5.87. The minimum absolute atomic E-state index is 0.0722. The number of nitrogens with zero attached hydrogens (tertiary/aromatic N) is 1. The second kappa shape index (κ2) is 4.67. The van der Waals surface area contributed by atoms with E-state index in [0.29, 0.717) is 6.61 Å². The zero-order chi connectivity index (χ0) is 18.6. The molecule has 1 aromatic rings. The molecule has 0 amide bonds. The van der Waals surface area contributed by atoms with Gasteiger partial charge in [0.25, 0.3) is 0 Å². The fourth-order valence-corrected chi connectivity index (χ4v) is 7.38. The van der Waals surface area contributed by atoms with Crippen molar-refractivity contribution in [3.05, 3.63) is 35.4 Å². The lowest BCUT2D eigenvalue weighted by Crippen LogP contribution is -2.67. The molecule has 6 rings (SSSR count). The van der Waals surface area contributed by atoms with Crippen LogP contribution in [0.2, 0.25) is 0 Å². The van der Waals surface area contributed by atoms with Gasteiger partial charge in [-0.3, -0.25) is 9.69 Å². The van der Waals surface area contributed by atoms with Crippen molar-refractivity contribution in [3.8, 4) is 5.75 Å². The predicted molar refractivity (Wildman–Crippen MR) is 98.4 cm³/mol. The largest absolute Gasteiger partial charge is 0.508 e. The molecule has 4 fully saturated rings. The number of benzene rings is 1. The SMILES string of the molecule is CC=C1CCN2CCC34c5cc(O)ccc5NC35OCC4(C(=O)OC)C1C25. The number of rotatable bonds is 1. The lowest BCUT2D eigenvalue weighted by Gasteiger charge is -2.52. The van der Waals surface area contributed by atoms with E-state index >= 15 is 0 Å². The number of hydrogen-bond acceptors (Lipinski definition) is 6. The van der Waals surface area contributed by atoms with Crippen LogP contribution in [0.25, 0.3) is 0 Å². The Bertz CT molecular complexity index is 913. The third kappa shape index (κ3) is 1.36. The number of piperidine rings is 2. The topological polar surface area (TPSA) is 71.0 Å². The molecule has 1 aromatic carbocycles. The number of phenolic OH excluding ortho intramolecular Hbond substituents is 1. The highest BCUT2D eigenvalue weighted by atomic mass is 16.6. The van der Waals surface area contributed by atoms with E-state index in [1.807, 2.05) is 12.1 Å². The lowest BCUT2D eigenvalue weighted by molar-refractivity contribution is -0.163. The Hall–Kier alpha value is -2.05. The fraction of sp³-hybridized carbons (Fsp3) is 0.571. The van der Waals surface area contributed by atoms with Crippen LogP contribution in [0.15, 0.2) is 29.8 Å². The first-order valence-electron chi connectivity index (χ1n) is 9.79. The molecule has 6 heteroatoms. The summed E-state index contributed by atoms with van der Waals surface area (Å²) in [5.74, 6) is 0.117. The van der Waals surface area contributed by atoms with E-state index < -0.39 is 16.6 Å². The number of esters is 1. The number of allylic oxidation sites excluding steroid dienone is 1. The van der Waals surface area contributed by atoms with Crippen LogP contribution in [0.1, 0.15) is 25.3 Å². The molecule has 5 atom stereocenters. The third-order valence-corrected chi connectivity index (χ3v) is 8.14. The average Bonchev–Trinajstić information content (AvgIpc) is 3.20. The summed E-state index contributed by atoms with van der Waals surface area (Å²) in [5, 5.41) is 13.9. The average molecular weight is 368 g/mol. The summed E-state index contributed by atoms with van der Waals surface area (Å²) >= 11 is 0.